The molecule has 0 fully saturated rings. The minimum atomic E-state index is -4.40. The Morgan fingerprint density at radius 1 is 1.59 bits per heavy atom. The highest BCUT2D eigenvalue weighted by Crippen LogP contribution is 2.12. The molecule has 0 bridgehead atoms. The first kappa shape index (κ1) is 13.3. The molecule has 0 aliphatic rings. The number of aryl methyl sites for hydroxylation is 1. The van der Waals surface area contributed by atoms with Crippen LogP contribution in [0.3, 0.4) is 0 Å². The number of carbonyl (C=O) groups excluding carboxylic acids is 1. The Balaban J connectivity index is 2.45. The highest BCUT2D eigenvalue weighted by Gasteiger charge is 2.28. The van der Waals surface area contributed by atoms with Crippen molar-refractivity contribution in [3.8, 4) is 0 Å². The van der Waals surface area contributed by atoms with Crippen LogP contribution in [0.25, 0.3) is 0 Å². The van der Waals surface area contributed by atoms with E-state index in [-0.39, 0.29) is 6.54 Å². The number of imidazole rings is 1. The SMILES string of the molecule is CN(Cc1nccn1C)C(=O)NCC(F)(F)F. The fourth-order valence-corrected chi connectivity index (χ4v) is 1.14. The Labute approximate surface area is 96.2 Å². The maximum atomic E-state index is 11.9. The van der Waals surface area contributed by atoms with E-state index in [0.29, 0.717) is 5.82 Å². The lowest BCUT2D eigenvalue weighted by molar-refractivity contribution is -0.123. The zero-order valence-electron chi connectivity index (χ0n) is 9.45. The van der Waals surface area contributed by atoms with Crippen LogP contribution in [0.2, 0.25) is 0 Å². The molecule has 5 nitrogen and oxygen atoms in total. The van der Waals surface area contributed by atoms with Crippen molar-refractivity contribution in [3.05, 3.63) is 18.2 Å². The number of urea groups is 1. The Hall–Kier alpha value is -1.73. The van der Waals surface area contributed by atoms with Crippen LogP contribution < -0.4 is 5.32 Å². The molecule has 1 heterocycles. The fourth-order valence-electron chi connectivity index (χ4n) is 1.14. The normalized spacial score (nSPS) is 11.4. The van der Waals surface area contributed by atoms with Crippen molar-refractivity contribution in [3.63, 3.8) is 0 Å². The van der Waals surface area contributed by atoms with Crippen molar-refractivity contribution in [2.24, 2.45) is 7.05 Å². The van der Waals surface area contributed by atoms with Crippen LogP contribution in [-0.2, 0) is 13.6 Å². The maximum absolute atomic E-state index is 11.9. The second-order valence-corrected chi connectivity index (χ2v) is 3.58. The summed E-state index contributed by atoms with van der Waals surface area (Å²) in [7, 11) is 3.14. The first-order valence-corrected chi connectivity index (χ1v) is 4.81. The number of hydrogen-bond donors (Lipinski definition) is 1. The van der Waals surface area contributed by atoms with E-state index in [1.807, 2.05) is 0 Å². The number of carbonyl (C=O) groups is 1. The van der Waals surface area contributed by atoms with Gasteiger partial charge in [-0.25, -0.2) is 9.78 Å². The van der Waals surface area contributed by atoms with Gasteiger partial charge >= 0.3 is 12.2 Å². The van der Waals surface area contributed by atoms with Crippen molar-refractivity contribution in [1.29, 1.82) is 0 Å². The highest BCUT2D eigenvalue weighted by molar-refractivity contribution is 5.73. The molecule has 96 valence electrons. The standard InChI is InChI=1S/C9H13F3N4O/c1-15-4-3-13-7(15)5-16(2)8(17)14-6-9(10,11)12/h3-4H,5-6H2,1-2H3,(H,14,17). The van der Waals surface area contributed by atoms with Crippen molar-refractivity contribution in [1.82, 2.24) is 19.8 Å². The average molecular weight is 250 g/mol. The zero-order valence-corrected chi connectivity index (χ0v) is 9.45. The van der Waals surface area contributed by atoms with Gasteiger partial charge in [0, 0.05) is 26.5 Å². The highest BCUT2D eigenvalue weighted by atomic mass is 19.4. The van der Waals surface area contributed by atoms with E-state index in [1.54, 1.807) is 29.3 Å². The fraction of sp³-hybridized carbons (Fsp3) is 0.556. The Morgan fingerprint density at radius 2 is 2.24 bits per heavy atom. The number of nitrogens with one attached hydrogen (secondary N) is 1. The van der Waals surface area contributed by atoms with Gasteiger partial charge in [0.25, 0.3) is 0 Å². The molecule has 0 aromatic carbocycles. The minimum Gasteiger partial charge on any atom is -0.337 e. The van der Waals surface area contributed by atoms with Gasteiger partial charge in [0.15, 0.2) is 0 Å². The summed E-state index contributed by atoms with van der Waals surface area (Å²) < 4.78 is 37.3. The number of rotatable bonds is 3. The van der Waals surface area contributed by atoms with E-state index in [1.165, 1.54) is 7.05 Å². The first-order chi connectivity index (χ1) is 7.79. The average Bonchev–Trinajstić information content (AvgIpc) is 2.59. The molecule has 0 saturated carbocycles. The largest absolute Gasteiger partial charge is 0.405 e. The summed E-state index contributed by atoms with van der Waals surface area (Å²) in [6, 6.07) is -0.787. The van der Waals surface area contributed by atoms with Crippen LogP contribution in [0, 0.1) is 0 Å². The van der Waals surface area contributed by atoms with Crippen LogP contribution in [-0.4, -0.2) is 40.3 Å². The van der Waals surface area contributed by atoms with E-state index < -0.39 is 18.8 Å². The second kappa shape index (κ2) is 5.07. The maximum Gasteiger partial charge on any atom is 0.405 e. The summed E-state index contributed by atoms with van der Waals surface area (Å²) in [5.74, 6) is 0.592. The summed E-state index contributed by atoms with van der Waals surface area (Å²) >= 11 is 0. The third kappa shape index (κ3) is 4.33. The summed E-state index contributed by atoms with van der Waals surface area (Å²) in [6.45, 7) is -1.19. The Bertz CT molecular complexity index is 388. The molecular formula is C9H13F3N4O. The number of nitrogens with zero attached hydrogens (tertiary/aromatic N) is 3. The molecule has 1 aromatic heterocycles. The molecule has 2 amide bonds. The summed E-state index contributed by atoms with van der Waals surface area (Å²) in [4.78, 5) is 16.4. The molecule has 1 aromatic rings. The number of alkyl halides is 3. The summed E-state index contributed by atoms with van der Waals surface area (Å²) in [6.07, 6.45) is -1.16. The lowest BCUT2D eigenvalue weighted by Gasteiger charge is -2.18. The zero-order chi connectivity index (χ0) is 13.1. The van der Waals surface area contributed by atoms with Crippen molar-refractivity contribution >= 4 is 6.03 Å². The second-order valence-electron chi connectivity index (χ2n) is 3.58. The van der Waals surface area contributed by atoms with Gasteiger partial charge in [0.1, 0.15) is 12.4 Å². The Morgan fingerprint density at radius 3 is 2.71 bits per heavy atom. The van der Waals surface area contributed by atoms with E-state index in [4.69, 9.17) is 0 Å². The topological polar surface area (TPSA) is 50.2 Å². The third-order valence-electron chi connectivity index (χ3n) is 2.09. The molecule has 0 radical (unpaired) electrons. The molecule has 0 aliphatic carbocycles. The molecule has 0 spiro atoms. The van der Waals surface area contributed by atoms with E-state index in [0.717, 1.165) is 4.90 Å². The summed E-state index contributed by atoms with van der Waals surface area (Å²) in [5.41, 5.74) is 0. The van der Waals surface area contributed by atoms with Gasteiger partial charge < -0.3 is 14.8 Å². The predicted molar refractivity (Wildman–Crippen MR) is 54.1 cm³/mol. The molecule has 0 atom stereocenters. The monoisotopic (exact) mass is 250 g/mol. The lowest BCUT2D eigenvalue weighted by atomic mass is 10.5. The van der Waals surface area contributed by atoms with Crippen LogP contribution in [0.5, 0.6) is 0 Å². The number of hydrogen-bond acceptors (Lipinski definition) is 2. The molecule has 1 N–H and O–H groups in total. The number of aromatic nitrogens is 2. The van der Waals surface area contributed by atoms with Gasteiger partial charge in [-0.1, -0.05) is 0 Å². The van der Waals surface area contributed by atoms with E-state index in [9.17, 15) is 18.0 Å². The summed E-state index contributed by atoms with van der Waals surface area (Å²) in [5, 5.41) is 1.78. The van der Waals surface area contributed by atoms with Gasteiger partial charge in [-0.15, -0.1) is 0 Å². The molecular weight excluding hydrogens is 237 g/mol. The van der Waals surface area contributed by atoms with Crippen LogP contribution in [0.1, 0.15) is 5.82 Å². The van der Waals surface area contributed by atoms with Crippen LogP contribution in [0.15, 0.2) is 12.4 Å². The van der Waals surface area contributed by atoms with E-state index >= 15 is 0 Å². The first-order valence-electron chi connectivity index (χ1n) is 4.81. The smallest absolute Gasteiger partial charge is 0.337 e. The predicted octanol–water partition coefficient (Wildman–Crippen LogP) is 1.12. The molecule has 17 heavy (non-hydrogen) atoms. The number of amides is 2. The quantitative estimate of drug-likeness (QED) is 0.874. The van der Waals surface area contributed by atoms with Crippen molar-refractivity contribution in [2.45, 2.75) is 12.7 Å². The molecule has 0 aliphatic heterocycles. The van der Waals surface area contributed by atoms with Crippen molar-refractivity contribution in [2.75, 3.05) is 13.6 Å². The van der Waals surface area contributed by atoms with Gasteiger partial charge in [0.05, 0.1) is 6.54 Å². The minimum absolute atomic E-state index is 0.146. The van der Waals surface area contributed by atoms with Gasteiger partial charge in [-0.05, 0) is 0 Å². The molecule has 8 heteroatoms. The number of halogens is 3. The molecule has 0 saturated heterocycles. The third-order valence-corrected chi connectivity index (χ3v) is 2.09. The van der Waals surface area contributed by atoms with Crippen molar-refractivity contribution < 1.29 is 18.0 Å². The Kier molecular flexibility index (Phi) is 3.97. The van der Waals surface area contributed by atoms with Crippen LogP contribution in [0.4, 0.5) is 18.0 Å². The lowest BCUT2D eigenvalue weighted by Crippen LogP contribution is -2.41. The van der Waals surface area contributed by atoms with Gasteiger partial charge in [0.2, 0.25) is 0 Å². The van der Waals surface area contributed by atoms with E-state index in [2.05, 4.69) is 4.98 Å². The van der Waals surface area contributed by atoms with Gasteiger partial charge in [-0.2, -0.15) is 13.2 Å². The van der Waals surface area contributed by atoms with Crippen LogP contribution >= 0.6 is 0 Å². The molecule has 1 rings (SSSR count). The molecule has 0 unspecified atom stereocenters. The van der Waals surface area contributed by atoms with Gasteiger partial charge in [-0.3, -0.25) is 0 Å².